The Balaban J connectivity index is 1.88. The monoisotopic (exact) mass is 201 g/mol. The summed E-state index contributed by atoms with van der Waals surface area (Å²) in [6.45, 7) is 2.48. The number of ether oxygens (including phenoxy) is 1. The van der Waals surface area contributed by atoms with Crippen molar-refractivity contribution in [1.82, 2.24) is 5.32 Å². The molecule has 0 spiro atoms. The second kappa shape index (κ2) is 7.21. The Kier molecular flexibility index (Phi) is 6.15. The van der Waals surface area contributed by atoms with Gasteiger partial charge in [-0.25, -0.2) is 0 Å². The SMILES string of the molecule is COCC(O)CCNCC1CCCC1. The summed E-state index contributed by atoms with van der Waals surface area (Å²) < 4.78 is 4.86. The first-order valence-electron chi connectivity index (χ1n) is 5.70. The number of aliphatic hydroxyl groups is 1. The van der Waals surface area contributed by atoms with Crippen LogP contribution in [-0.2, 0) is 4.74 Å². The highest BCUT2D eigenvalue weighted by Crippen LogP contribution is 2.23. The standard InChI is InChI=1S/C11H23NO2/c1-14-9-11(13)6-7-12-8-10-4-2-3-5-10/h10-13H,2-9H2,1H3. The van der Waals surface area contributed by atoms with E-state index in [1.165, 1.54) is 25.7 Å². The van der Waals surface area contributed by atoms with E-state index in [4.69, 9.17) is 4.74 Å². The Bertz CT molecular complexity index is 135. The molecule has 3 nitrogen and oxygen atoms in total. The van der Waals surface area contributed by atoms with Gasteiger partial charge in [0.15, 0.2) is 0 Å². The molecule has 0 bridgehead atoms. The number of rotatable bonds is 7. The third-order valence-electron chi connectivity index (χ3n) is 2.92. The van der Waals surface area contributed by atoms with Crippen LogP contribution < -0.4 is 5.32 Å². The molecule has 3 heteroatoms. The molecule has 1 unspecified atom stereocenters. The van der Waals surface area contributed by atoms with Gasteiger partial charge in [-0.15, -0.1) is 0 Å². The van der Waals surface area contributed by atoms with Gasteiger partial charge in [-0.2, -0.15) is 0 Å². The van der Waals surface area contributed by atoms with Crippen LogP contribution in [0.25, 0.3) is 0 Å². The third-order valence-corrected chi connectivity index (χ3v) is 2.92. The molecule has 1 atom stereocenters. The fourth-order valence-corrected chi connectivity index (χ4v) is 2.07. The van der Waals surface area contributed by atoms with E-state index < -0.39 is 0 Å². The van der Waals surface area contributed by atoms with Crippen molar-refractivity contribution in [2.45, 2.75) is 38.2 Å². The summed E-state index contributed by atoms with van der Waals surface area (Å²) in [6, 6.07) is 0. The topological polar surface area (TPSA) is 41.5 Å². The van der Waals surface area contributed by atoms with Crippen molar-refractivity contribution in [3.8, 4) is 0 Å². The van der Waals surface area contributed by atoms with Crippen molar-refractivity contribution in [1.29, 1.82) is 0 Å². The normalized spacial score (nSPS) is 20.1. The second-order valence-corrected chi connectivity index (χ2v) is 4.25. The number of aliphatic hydroxyl groups excluding tert-OH is 1. The van der Waals surface area contributed by atoms with E-state index >= 15 is 0 Å². The van der Waals surface area contributed by atoms with E-state index in [9.17, 15) is 5.11 Å². The lowest BCUT2D eigenvalue weighted by Gasteiger charge is -2.12. The lowest BCUT2D eigenvalue weighted by Crippen LogP contribution is -2.26. The van der Waals surface area contributed by atoms with Gasteiger partial charge in [0.2, 0.25) is 0 Å². The van der Waals surface area contributed by atoms with Gasteiger partial charge in [-0.05, 0) is 38.3 Å². The molecule has 1 rings (SSSR count). The van der Waals surface area contributed by atoms with Gasteiger partial charge in [0.25, 0.3) is 0 Å². The molecular weight excluding hydrogens is 178 g/mol. The van der Waals surface area contributed by atoms with Crippen molar-refractivity contribution >= 4 is 0 Å². The summed E-state index contributed by atoms with van der Waals surface area (Å²) in [5.74, 6) is 0.884. The van der Waals surface area contributed by atoms with Crippen molar-refractivity contribution in [2.75, 3.05) is 26.8 Å². The van der Waals surface area contributed by atoms with Gasteiger partial charge in [0, 0.05) is 7.11 Å². The Hall–Kier alpha value is -0.120. The van der Waals surface area contributed by atoms with E-state index in [1.54, 1.807) is 7.11 Å². The molecule has 84 valence electrons. The van der Waals surface area contributed by atoms with Crippen molar-refractivity contribution in [3.63, 3.8) is 0 Å². The molecule has 0 aliphatic heterocycles. The summed E-state index contributed by atoms with van der Waals surface area (Å²) >= 11 is 0. The maximum atomic E-state index is 9.38. The maximum Gasteiger partial charge on any atom is 0.0785 e. The summed E-state index contributed by atoms with van der Waals surface area (Å²) in [7, 11) is 1.62. The Morgan fingerprint density at radius 1 is 1.43 bits per heavy atom. The fraction of sp³-hybridized carbons (Fsp3) is 1.00. The summed E-state index contributed by atoms with van der Waals surface area (Å²) in [6.07, 6.45) is 6.05. The minimum atomic E-state index is -0.309. The van der Waals surface area contributed by atoms with Gasteiger partial charge in [-0.3, -0.25) is 0 Å². The van der Waals surface area contributed by atoms with Crippen LogP contribution in [0.5, 0.6) is 0 Å². The first kappa shape index (κ1) is 12.0. The lowest BCUT2D eigenvalue weighted by atomic mass is 10.1. The molecule has 0 saturated heterocycles. The molecule has 1 aliphatic carbocycles. The Labute approximate surface area is 86.8 Å². The Morgan fingerprint density at radius 3 is 2.79 bits per heavy atom. The lowest BCUT2D eigenvalue weighted by molar-refractivity contribution is 0.0593. The molecule has 1 fully saturated rings. The Morgan fingerprint density at radius 2 is 2.14 bits per heavy atom. The zero-order chi connectivity index (χ0) is 10.2. The van der Waals surface area contributed by atoms with Crippen molar-refractivity contribution in [2.24, 2.45) is 5.92 Å². The van der Waals surface area contributed by atoms with E-state index in [2.05, 4.69) is 5.32 Å². The molecule has 0 radical (unpaired) electrons. The van der Waals surface area contributed by atoms with Crippen molar-refractivity contribution in [3.05, 3.63) is 0 Å². The molecule has 0 aromatic rings. The summed E-state index contributed by atoms with van der Waals surface area (Å²) in [4.78, 5) is 0. The van der Waals surface area contributed by atoms with Gasteiger partial charge < -0.3 is 15.2 Å². The van der Waals surface area contributed by atoms with Crippen LogP contribution in [0.1, 0.15) is 32.1 Å². The predicted molar refractivity (Wildman–Crippen MR) is 57.3 cm³/mol. The second-order valence-electron chi connectivity index (χ2n) is 4.25. The predicted octanol–water partition coefficient (Wildman–Crippen LogP) is 1.16. The maximum absolute atomic E-state index is 9.38. The van der Waals surface area contributed by atoms with E-state index in [0.29, 0.717) is 6.61 Å². The number of methoxy groups -OCH3 is 1. The zero-order valence-corrected chi connectivity index (χ0v) is 9.17. The van der Waals surface area contributed by atoms with Gasteiger partial charge in [0.1, 0.15) is 0 Å². The minimum Gasteiger partial charge on any atom is -0.391 e. The molecule has 14 heavy (non-hydrogen) atoms. The number of nitrogens with one attached hydrogen (secondary N) is 1. The largest absolute Gasteiger partial charge is 0.391 e. The third kappa shape index (κ3) is 4.94. The van der Waals surface area contributed by atoms with Crippen molar-refractivity contribution < 1.29 is 9.84 Å². The molecule has 2 N–H and O–H groups in total. The molecule has 0 heterocycles. The molecule has 0 aromatic carbocycles. The summed E-state index contributed by atoms with van der Waals surface area (Å²) in [5, 5.41) is 12.8. The van der Waals surface area contributed by atoms with Gasteiger partial charge >= 0.3 is 0 Å². The van der Waals surface area contributed by atoms with Gasteiger partial charge in [0.05, 0.1) is 12.7 Å². The number of hydrogen-bond donors (Lipinski definition) is 2. The van der Waals surface area contributed by atoms with E-state index in [-0.39, 0.29) is 6.10 Å². The van der Waals surface area contributed by atoms with E-state index in [1.807, 2.05) is 0 Å². The number of hydrogen-bond acceptors (Lipinski definition) is 3. The van der Waals surface area contributed by atoms with Crippen LogP contribution in [0.15, 0.2) is 0 Å². The average Bonchev–Trinajstić information content (AvgIpc) is 2.65. The van der Waals surface area contributed by atoms with Crippen LogP contribution >= 0.6 is 0 Å². The van der Waals surface area contributed by atoms with Crippen LogP contribution in [0.4, 0.5) is 0 Å². The fourth-order valence-electron chi connectivity index (χ4n) is 2.07. The van der Waals surface area contributed by atoms with Crippen LogP contribution in [0, 0.1) is 5.92 Å². The zero-order valence-electron chi connectivity index (χ0n) is 9.17. The molecule has 0 aromatic heterocycles. The van der Waals surface area contributed by atoms with Crippen LogP contribution in [0.3, 0.4) is 0 Å². The van der Waals surface area contributed by atoms with Crippen LogP contribution in [-0.4, -0.2) is 38.0 Å². The smallest absolute Gasteiger partial charge is 0.0785 e. The quantitative estimate of drug-likeness (QED) is 0.607. The summed E-state index contributed by atoms with van der Waals surface area (Å²) in [5.41, 5.74) is 0. The molecule has 1 aliphatic rings. The first-order chi connectivity index (χ1) is 6.83. The molecule has 0 amide bonds. The molecular formula is C11H23NO2. The van der Waals surface area contributed by atoms with Crippen LogP contribution in [0.2, 0.25) is 0 Å². The highest BCUT2D eigenvalue weighted by atomic mass is 16.5. The first-order valence-corrected chi connectivity index (χ1v) is 5.70. The highest BCUT2D eigenvalue weighted by molar-refractivity contribution is 4.69. The highest BCUT2D eigenvalue weighted by Gasteiger charge is 2.14. The van der Waals surface area contributed by atoms with E-state index in [0.717, 1.165) is 25.4 Å². The molecule has 1 saturated carbocycles. The minimum absolute atomic E-state index is 0.309. The average molecular weight is 201 g/mol. The van der Waals surface area contributed by atoms with Gasteiger partial charge in [-0.1, -0.05) is 12.8 Å².